The Kier molecular flexibility index (Phi) is 68.0. The van der Waals surface area contributed by atoms with E-state index in [9.17, 15) is 0 Å². The summed E-state index contributed by atoms with van der Waals surface area (Å²) >= 11 is 0. The molecule has 0 radical (unpaired) electrons. The zero-order chi connectivity index (χ0) is 35.4. The topological polar surface area (TPSA) is 90.6 Å². The maximum atomic E-state index is 8.60. The molecule has 3 heterocycles. The van der Waals surface area contributed by atoms with Crippen LogP contribution in [-0.4, -0.2) is 89.8 Å². The molecule has 0 saturated heterocycles. The van der Waals surface area contributed by atoms with E-state index >= 15 is 0 Å². The first-order valence-corrected chi connectivity index (χ1v) is 16.8. The van der Waals surface area contributed by atoms with Gasteiger partial charge in [-0.15, -0.1) is 6.58 Å². The highest BCUT2D eigenvalue weighted by Crippen LogP contribution is 2.16. The molecule has 7 nitrogen and oxygen atoms in total. The molecule has 0 saturated carbocycles. The molecule has 9 heteroatoms. The van der Waals surface area contributed by atoms with Crippen molar-refractivity contribution in [2.24, 2.45) is 17.8 Å². The number of allylic oxidation sites excluding steroid dienone is 1. The van der Waals surface area contributed by atoms with E-state index in [2.05, 4.69) is 68.9 Å². The van der Waals surface area contributed by atoms with Gasteiger partial charge in [-0.25, -0.2) is 0 Å². The summed E-state index contributed by atoms with van der Waals surface area (Å²) in [4.78, 5) is 6.52. The molecule has 0 bridgehead atoms. The summed E-state index contributed by atoms with van der Waals surface area (Å²) in [6, 6.07) is 0. The predicted molar refractivity (Wildman–Crippen MR) is 211 cm³/mol. The van der Waals surface area contributed by atoms with Crippen molar-refractivity contribution in [2.75, 3.05) is 40.8 Å². The van der Waals surface area contributed by atoms with Crippen LogP contribution in [0.2, 0.25) is 13.1 Å². The van der Waals surface area contributed by atoms with Crippen LogP contribution in [0.4, 0.5) is 0 Å². The average Bonchev–Trinajstić information content (AvgIpc) is 3.70. The van der Waals surface area contributed by atoms with Gasteiger partial charge in [0.05, 0.1) is 0 Å². The third-order valence-electron chi connectivity index (χ3n) is 5.10. The monoisotopic (exact) mass is 646 g/mol. The summed E-state index contributed by atoms with van der Waals surface area (Å²) in [5.41, 5.74) is 1.17. The highest BCUT2D eigenvalue weighted by molar-refractivity contribution is 6.41. The normalized spacial score (nSPS) is 17.0. The van der Waals surface area contributed by atoms with Crippen LogP contribution >= 0.6 is 0 Å². The van der Waals surface area contributed by atoms with Crippen LogP contribution in [0.5, 0.6) is 0 Å². The average molecular weight is 646 g/mol. The van der Waals surface area contributed by atoms with Gasteiger partial charge >= 0.3 is 14.2 Å². The molecule has 0 aromatic rings. The van der Waals surface area contributed by atoms with Crippen LogP contribution in [0.3, 0.4) is 0 Å². The van der Waals surface area contributed by atoms with E-state index in [0.717, 1.165) is 18.4 Å². The van der Waals surface area contributed by atoms with E-state index in [1.165, 1.54) is 44.7 Å². The van der Waals surface area contributed by atoms with Gasteiger partial charge in [-0.05, 0) is 76.2 Å². The number of hydrogen-bond donors (Lipinski definition) is 4. The molecule has 0 spiro atoms. The summed E-state index contributed by atoms with van der Waals surface area (Å²) in [5, 5.41) is 32.4. The summed E-state index contributed by atoms with van der Waals surface area (Å²) in [6.45, 7) is 32.6. The molecule has 45 heavy (non-hydrogen) atoms. The van der Waals surface area contributed by atoms with Gasteiger partial charge in [-0.2, -0.15) is 0 Å². The minimum Gasteiger partial charge on any atom is -0.427 e. The van der Waals surface area contributed by atoms with E-state index in [-0.39, 0.29) is 14.9 Å². The molecule has 3 atom stereocenters. The molecule has 3 aliphatic rings. The van der Waals surface area contributed by atoms with E-state index in [1.807, 2.05) is 93.5 Å². The maximum Gasteiger partial charge on any atom is 0.452 e. The Bertz CT molecular complexity index is 612. The molecule has 3 rings (SSSR count). The van der Waals surface area contributed by atoms with Crippen LogP contribution in [0, 0.1) is 17.8 Å². The highest BCUT2D eigenvalue weighted by Gasteiger charge is 2.18. The lowest BCUT2D eigenvalue weighted by Crippen LogP contribution is -2.19. The SMILES string of the molecule is C.C.C=C(C)C.CB(O)O.CC.CC.CC.CC.CCC1C=CN(C)C1.CCCC1C=CN(C)C1.CN1C=CC(CB(O)O)C1. The second-order valence-corrected chi connectivity index (χ2v) is 9.88. The van der Waals surface area contributed by atoms with Crippen molar-refractivity contribution in [2.45, 2.75) is 130 Å². The lowest BCUT2D eigenvalue weighted by molar-refractivity contribution is 0.382. The summed E-state index contributed by atoms with van der Waals surface area (Å²) in [5.74, 6) is 1.96. The van der Waals surface area contributed by atoms with Gasteiger partial charge in [-0.3, -0.25) is 0 Å². The van der Waals surface area contributed by atoms with E-state index in [1.54, 1.807) is 0 Å². The smallest absolute Gasteiger partial charge is 0.427 e. The number of hydrogen-bond acceptors (Lipinski definition) is 7. The van der Waals surface area contributed by atoms with Gasteiger partial charge in [-0.1, -0.05) is 114 Å². The molecule has 0 aromatic heterocycles. The first-order chi connectivity index (χ1) is 20.3. The summed E-state index contributed by atoms with van der Waals surface area (Å²) in [6.07, 6.45) is 17.3. The third-order valence-corrected chi connectivity index (χ3v) is 5.10. The number of nitrogens with zero attached hydrogens (tertiary/aromatic N) is 3. The molecule has 0 aromatic carbocycles. The van der Waals surface area contributed by atoms with Crippen molar-refractivity contribution in [3.8, 4) is 0 Å². The van der Waals surface area contributed by atoms with Gasteiger partial charge in [0.15, 0.2) is 0 Å². The lowest BCUT2D eigenvalue weighted by atomic mass is 9.79. The van der Waals surface area contributed by atoms with Gasteiger partial charge in [0, 0.05) is 40.8 Å². The second kappa shape index (κ2) is 49.2. The standard InChI is InChI=1S/C8H15N.C7H13N.C6H12BNO2.C4H8.4C2H6.CH5BO2.2CH4/c1-3-4-8-5-6-9(2)7-8;1-3-7-4-5-8(2)6-7;1-8-3-2-6(5-8)4-7(9)10;1-4(2)3;4*1-2;1-2(3)4;;/h5-6,8H,3-4,7H2,1-2H3;4-5,7H,3,6H2,1-2H3;2-3,6,9-10H,4-5H2,1H3;1H2,2-3H3;4*1-2H3;3-4H,1H3;2*1H4. The first-order valence-electron chi connectivity index (χ1n) is 16.8. The fourth-order valence-corrected chi connectivity index (χ4v) is 3.53. The van der Waals surface area contributed by atoms with E-state index in [4.69, 9.17) is 20.1 Å². The minimum absolute atomic E-state index is 0. The van der Waals surface area contributed by atoms with Crippen molar-refractivity contribution < 1.29 is 20.1 Å². The maximum absolute atomic E-state index is 8.60. The zero-order valence-electron chi connectivity index (χ0n) is 31.6. The molecular weight excluding hydrogens is 560 g/mol. The fourth-order valence-electron chi connectivity index (χ4n) is 3.53. The van der Waals surface area contributed by atoms with Gasteiger partial charge in [0.1, 0.15) is 0 Å². The van der Waals surface area contributed by atoms with Gasteiger partial charge < -0.3 is 34.8 Å². The van der Waals surface area contributed by atoms with Crippen LogP contribution in [-0.2, 0) is 0 Å². The molecule has 0 aliphatic carbocycles. The largest absolute Gasteiger partial charge is 0.452 e. The van der Waals surface area contributed by atoms with Crippen LogP contribution < -0.4 is 0 Å². The Balaban J connectivity index is -0.0000000611. The Labute approximate surface area is 286 Å². The Morgan fingerprint density at radius 1 is 0.667 bits per heavy atom. The fraction of sp³-hybridized carbons (Fsp3) is 0.778. The van der Waals surface area contributed by atoms with Crippen LogP contribution in [0.1, 0.15) is 117 Å². The Morgan fingerprint density at radius 2 is 0.933 bits per heavy atom. The minimum atomic E-state index is -1.17. The van der Waals surface area contributed by atoms with Crippen molar-refractivity contribution >= 4 is 14.2 Å². The second-order valence-electron chi connectivity index (χ2n) is 9.88. The third kappa shape index (κ3) is 58.4. The zero-order valence-corrected chi connectivity index (χ0v) is 31.6. The highest BCUT2D eigenvalue weighted by atomic mass is 16.4. The summed E-state index contributed by atoms with van der Waals surface area (Å²) in [7, 11) is 3.89. The molecule has 3 aliphatic heterocycles. The molecule has 4 N–H and O–H groups in total. The van der Waals surface area contributed by atoms with Crippen molar-refractivity contribution in [3.05, 3.63) is 49.0 Å². The van der Waals surface area contributed by atoms with Crippen LogP contribution in [0.25, 0.3) is 0 Å². The molecular formula is C36H85B2N3O4. The quantitative estimate of drug-likeness (QED) is 0.175. The van der Waals surface area contributed by atoms with Gasteiger partial charge in [0.25, 0.3) is 0 Å². The van der Waals surface area contributed by atoms with E-state index in [0.29, 0.717) is 12.2 Å². The number of rotatable bonds is 5. The van der Waals surface area contributed by atoms with Gasteiger partial charge in [0.2, 0.25) is 0 Å². The Hall–Kier alpha value is -1.67. The van der Waals surface area contributed by atoms with E-state index < -0.39 is 14.2 Å². The lowest BCUT2D eigenvalue weighted by Gasteiger charge is -2.10. The first kappa shape index (κ1) is 62.2. The summed E-state index contributed by atoms with van der Waals surface area (Å²) < 4.78 is 0. The predicted octanol–water partition coefficient (Wildman–Crippen LogP) is 8.92. The molecule has 3 unspecified atom stereocenters. The Morgan fingerprint density at radius 3 is 1.11 bits per heavy atom. The van der Waals surface area contributed by atoms with Crippen molar-refractivity contribution in [1.82, 2.24) is 14.7 Å². The molecule has 0 fully saturated rings. The van der Waals surface area contributed by atoms with Crippen LogP contribution in [0.15, 0.2) is 49.0 Å². The molecule has 274 valence electrons. The molecule has 0 amide bonds. The van der Waals surface area contributed by atoms with Crippen molar-refractivity contribution in [1.29, 1.82) is 0 Å². The van der Waals surface area contributed by atoms with Crippen molar-refractivity contribution in [3.63, 3.8) is 0 Å².